The number of hydrogen-bond acceptors (Lipinski definition) is 6. The van der Waals surface area contributed by atoms with Crippen molar-refractivity contribution in [1.82, 2.24) is 15.2 Å². The molecule has 1 aliphatic heterocycles. The Bertz CT molecular complexity index is 1110. The first-order chi connectivity index (χ1) is 14.8. The van der Waals surface area contributed by atoms with Gasteiger partial charge in [-0.1, -0.05) is 30.0 Å². The number of carbonyl (C=O) groups excluding carboxylic acids is 2. The number of nitrogens with zero attached hydrogens (tertiary/aromatic N) is 2. The number of pyridine rings is 1. The number of thioether (sulfide) groups is 1. The van der Waals surface area contributed by atoms with Gasteiger partial charge in [-0.25, -0.2) is 13.4 Å². The predicted octanol–water partition coefficient (Wildman–Crippen LogP) is 2.64. The average Bonchev–Trinajstić information content (AvgIpc) is 3.48. The highest BCUT2D eigenvalue weighted by Gasteiger charge is 2.35. The first-order valence-electron chi connectivity index (χ1n) is 10.7. The fourth-order valence-corrected chi connectivity index (χ4v) is 6.64. The van der Waals surface area contributed by atoms with E-state index < -0.39 is 15.1 Å². The number of carbonyl (C=O) groups is 2. The van der Waals surface area contributed by atoms with Gasteiger partial charge in [-0.3, -0.25) is 9.59 Å². The molecule has 0 radical (unpaired) electrons. The zero-order valence-electron chi connectivity index (χ0n) is 17.7. The molecule has 2 amide bonds. The van der Waals surface area contributed by atoms with Crippen molar-refractivity contribution in [3.63, 3.8) is 0 Å². The van der Waals surface area contributed by atoms with Crippen molar-refractivity contribution in [1.29, 1.82) is 0 Å². The van der Waals surface area contributed by atoms with Crippen LogP contribution in [0.5, 0.6) is 0 Å². The highest BCUT2D eigenvalue weighted by Crippen LogP contribution is 2.30. The quantitative estimate of drug-likeness (QED) is 0.637. The third-order valence-electron chi connectivity index (χ3n) is 5.77. The van der Waals surface area contributed by atoms with Crippen molar-refractivity contribution in [3.8, 4) is 0 Å². The minimum atomic E-state index is -3.07. The summed E-state index contributed by atoms with van der Waals surface area (Å²) < 4.78 is 23.7. The van der Waals surface area contributed by atoms with E-state index in [2.05, 4.69) is 10.3 Å². The number of rotatable bonds is 7. The van der Waals surface area contributed by atoms with E-state index in [4.69, 9.17) is 0 Å². The lowest BCUT2D eigenvalue weighted by Gasteiger charge is -2.29. The number of nitrogens with one attached hydrogen (secondary N) is 1. The van der Waals surface area contributed by atoms with Crippen molar-refractivity contribution in [3.05, 3.63) is 35.9 Å². The molecular weight excluding hydrogens is 434 g/mol. The molecule has 1 saturated carbocycles. The van der Waals surface area contributed by atoms with Crippen LogP contribution >= 0.6 is 11.8 Å². The Morgan fingerprint density at radius 1 is 1.26 bits per heavy atom. The van der Waals surface area contributed by atoms with Crippen LogP contribution in [0.4, 0.5) is 0 Å². The predicted molar refractivity (Wildman–Crippen MR) is 122 cm³/mol. The first-order valence-corrected chi connectivity index (χ1v) is 13.4. The minimum absolute atomic E-state index is 0.0314. The largest absolute Gasteiger partial charge is 0.349 e. The summed E-state index contributed by atoms with van der Waals surface area (Å²) in [5, 5.41) is 3.98. The van der Waals surface area contributed by atoms with Gasteiger partial charge >= 0.3 is 0 Å². The Morgan fingerprint density at radius 2 is 2.00 bits per heavy atom. The van der Waals surface area contributed by atoms with Crippen molar-refractivity contribution < 1.29 is 18.0 Å². The number of sulfone groups is 1. The molecule has 1 saturated heterocycles. The second-order valence-electron chi connectivity index (χ2n) is 8.21. The van der Waals surface area contributed by atoms with Crippen LogP contribution in [0.1, 0.15) is 43.5 Å². The van der Waals surface area contributed by atoms with Crippen LogP contribution in [0.15, 0.2) is 35.4 Å². The third kappa shape index (κ3) is 5.03. The molecule has 1 aromatic carbocycles. The Hall–Kier alpha value is -2.13. The van der Waals surface area contributed by atoms with Gasteiger partial charge in [0, 0.05) is 24.0 Å². The Labute approximate surface area is 186 Å². The van der Waals surface area contributed by atoms with Gasteiger partial charge in [0.2, 0.25) is 5.91 Å². The van der Waals surface area contributed by atoms with Crippen molar-refractivity contribution in [2.24, 2.45) is 0 Å². The molecule has 9 heteroatoms. The second kappa shape index (κ2) is 8.78. The molecular formula is C22H27N3O4S2. The van der Waals surface area contributed by atoms with E-state index in [1.54, 1.807) is 17.9 Å². The lowest BCUT2D eigenvalue weighted by Crippen LogP contribution is -2.44. The van der Waals surface area contributed by atoms with Gasteiger partial charge in [0.25, 0.3) is 5.91 Å². The number of amides is 2. The van der Waals surface area contributed by atoms with Crippen molar-refractivity contribution in [2.75, 3.05) is 18.1 Å². The minimum Gasteiger partial charge on any atom is -0.349 e. The van der Waals surface area contributed by atoms with Crippen molar-refractivity contribution >= 4 is 44.3 Å². The zero-order valence-corrected chi connectivity index (χ0v) is 19.3. The van der Waals surface area contributed by atoms with Gasteiger partial charge in [0.15, 0.2) is 9.84 Å². The van der Waals surface area contributed by atoms with Crippen LogP contribution in [0.3, 0.4) is 0 Å². The maximum Gasteiger partial charge on any atom is 0.252 e. The average molecular weight is 462 g/mol. The summed E-state index contributed by atoms with van der Waals surface area (Å²) in [6.45, 7) is 4.14. The molecule has 2 fully saturated rings. The summed E-state index contributed by atoms with van der Waals surface area (Å²) in [4.78, 5) is 32.2. The molecule has 4 rings (SSSR count). The summed E-state index contributed by atoms with van der Waals surface area (Å²) >= 11 is 1.30. The number of para-hydroxylation sites is 1. The summed E-state index contributed by atoms with van der Waals surface area (Å²) in [6, 6.07) is 9.23. The van der Waals surface area contributed by atoms with E-state index >= 15 is 0 Å². The maximum atomic E-state index is 13.1. The molecule has 2 atom stereocenters. The molecule has 2 aromatic rings. The Morgan fingerprint density at radius 3 is 2.65 bits per heavy atom. The van der Waals surface area contributed by atoms with Crippen LogP contribution in [-0.4, -0.2) is 65.5 Å². The van der Waals surface area contributed by atoms with Crippen molar-refractivity contribution in [2.45, 2.75) is 55.5 Å². The molecule has 2 aliphatic rings. The van der Waals surface area contributed by atoms with E-state index in [1.165, 1.54) is 11.8 Å². The van der Waals surface area contributed by atoms with E-state index in [0.29, 0.717) is 29.1 Å². The smallest absolute Gasteiger partial charge is 0.252 e. The Balaban J connectivity index is 1.55. The monoisotopic (exact) mass is 461 g/mol. The first kappa shape index (κ1) is 22.1. The van der Waals surface area contributed by atoms with Gasteiger partial charge in [-0.05, 0) is 45.2 Å². The van der Waals surface area contributed by atoms with E-state index in [0.717, 1.165) is 18.2 Å². The SMILES string of the molecule is CCN(C(=O)[C@H](C)Sc1cc(C(=O)NC2CC2)c2ccccc2n1)[C@H]1CCS(=O)(=O)C1. The highest BCUT2D eigenvalue weighted by molar-refractivity contribution is 8.00. The number of hydrogen-bond donors (Lipinski definition) is 1. The summed E-state index contributed by atoms with van der Waals surface area (Å²) in [7, 11) is -3.07. The Kier molecular flexibility index (Phi) is 6.25. The second-order valence-corrected chi connectivity index (χ2v) is 11.8. The molecule has 1 aliphatic carbocycles. The fraction of sp³-hybridized carbons (Fsp3) is 0.500. The number of aromatic nitrogens is 1. The molecule has 0 unspecified atom stereocenters. The van der Waals surface area contributed by atoms with Crippen LogP contribution in [0, 0.1) is 0 Å². The van der Waals surface area contributed by atoms with E-state index in [1.807, 2.05) is 31.2 Å². The molecule has 31 heavy (non-hydrogen) atoms. The third-order valence-corrected chi connectivity index (χ3v) is 8.52. The summed E-state index contributed by atoms with van der Waals surface area (Å²) in [5.41, 5.74) is 1.27. The van der Waals surface area contributed by atoms with Crippen LogP contribution in [-0.2, 0) is 14.6 Å². The fourth-order valence-electron chi connectivity index (χ4n) is 3.97. The van der Waals surface area contributed by atoms with Crippen LogP contribution < -0.4 is 5.32 Å². The zero-order chi connectivity index (χ0) is 22.2. The lowest BCUT2D eigenvalue weighted by molar-refractivity contribution is -0.131. The summed E-state index contributed by atoms with van der Waals surface area (Å²) in [5.74, 6) is -0.0555. The van der Waals surface area contributed by atoms with Gasteiger partial charge in [-0.2, -0.15) is 0 Å². The van der Waals surface area contributed by atoms with E-state index in [9.17, 15) is 18.0 Å². The van der Waals surface area contributed by atoms with E-state index in [-0.39, 0.29) is 35.4 Å². The van der Waals surface area contributed by atoms with Gasteiger partial charge in [0.05, 0.1) is 32.9 Å². The molecule has 0 spiro atoms. The molecule has 166 valence electrons. The van der Waals surface area contributed by atoms with Gasteiger partial charge < -0.3 is 10.2 Å². The maximum absolute atomic E-state index is 13.1. The molecule has 2 heterocycles. The molecule has 1 aromatic heterocycles. The standard InChI is InChI=1S/C22H27N3O4S2/c1-3-25(16-10-11-31(28,29)13-16)22(27)14(2)30-20-12-18(21(26)23-15-8-9-15)17-6-4-5-7-19(17)24-20/h4-7,12,14-16H,3,8-11,13H2,1-2H3,(H,23,26)/t14-,16-/m0/s1. The number of benzene rings is 1. The van der Waals surface area contributed by atoms with Crippen LogP contribution in [0.2, 0.25) is 0 Å². The molecule has 0 bridgehead atoms. The van der Waals surface area contributed by atoms with Gasteiger partial charge in [0.1, 0.15) is 0 Å². The molecule has 1 N–H and O–H groups in total. The topological polar surface area (TPSA) is 96.4 Å². The lowest BCUT2D eigenvalue weighted by atomic mass is 10.1. The molecule has 7 nitrogen and oxygen atoms in total. The van der Waals surface area contributed by atoms with Gasteiger partial charge in [-0.15, -0.1) is 0 Å². The normalized spacial score (nSPS) is 21.0. The highest BCUT2D eigenvalue weighted by atomic mass is 32.2. The summed E-state index contributed by atoms with van der Waals surface area (Å²) in [6.07, 6.45) is 2.50. The number of fused-ring (bicyclic) bond motifs is 1. The van der Waals surface area contributed by atoms with Crippen LogP contribution in [0.25, 0.3) is 10.9 Å².